The molecule has 3 saturated carbocycles. The lowest BCUT2D eigenvalue weighted by Gasteiger charge is -2.56. The molecule has 0 bridgehead atoms. The van der Waals surface area contributed by atoms with E-state index >= 15 is 0 Å². The fraction of sp³-hybridized carbons (Fsp3) is 0.655. The van der Waals surface area contributed by atoms with E-state index in [1.165, 1.54) is 31.3 Å². The number of fused-ring (bicyclic) bond motifs is 5. The molecule has 178 valence electrons. The summed E-state index contributed by atoms with van der Waals surface area (Å²) in [6.45, 7) is 5.70. The van der Waals surface area contributed by atoms with Gasteiger partial charge in [-0.1, -0.05) is 19.4 Å². The molecule has 4 nitrogen and oxygen atoms in total. The third kappa shape index (κ3) is 3.94. The highest BCUT2D eigenvalue weighted by atomic mass is 16.5. The van der Waals surface area contributed by atoms with Gasteiger partial charge in [-0.25, -0.2) is 0 Å². The average molecular weight is 451 g/mol. The highest BCUT2D eigenvalue weighted by Gasteiger charge is 2.57. The van der Waals surface area contributed by atoms with Crippen molar-refractivity contribution in [1.82, 2.24) is 0 Å². The SMILES string of the molecule is COc1cc(C=O)ccc1OCC[C@H]1CCC2C3C(CCC21C)C1CCC(=O)C=C1C[C@H]3C. The van der Waals surface area contributed by atoms with Gasteiger partial charge in [-0.3, -0.25) is 9.59 Å². The van der Waals surface area contributed by atoms with E-state index < -0.39 is 0 Å². The summed E-state index contributed by atoms with van der Waals surface area (Å²) in [4.78, 5) is 23.1. The van der Waals surface area contributed by atoms with Crippen LogP contribution in [0.2, 0.25) is 0 Å². The van der Waals surface area contributed by atoms with Crippen molar-refractivity contribution in [3.05, 3.63) is 35.4 Å². The second-order valence-corrected chi connectivity index (χ2v) is 11.3. The lowest BCUT2D eigenvalue weighted by molar-refractivity contribution is -0.116. The van der Waals surface area contributed by atoms with Crippen molar-refractivity contribution in [2.75, 3.05) is 13.7 Å². The largest absolute Gasteiger partial charge is 0.493 e. The zero-order valence-corrected chi connectivity index (χ0v) is 20.3. The first-order valence-corrected chi connectivity index (χ1v) is 12.9. The number of ether oxygens (including phenoxy) is 2. The predicted octanol–water partition coefficient (Wildman–Crippen LogP) is 6.28. The molecular formula is C29H38O4. The Morgan fingerprint density at radius 1 is 1.15 bits per heavy atom. The quantitative estimate of drug-likeness (QED) is 0.479. The van der Waals surface area contributed by atoms with Gasteiger partial charge in [0.05, 0.1) is 13.7 Å². The molecule has 5 unspecified atom stereocenters. The average Bonchev–Trinajstić information content (AvgIpc) is 3.15. The number of methoxy groups -OCH3 is 1. The van der Waals surface area contributed by atoms with Gasteiger partial charge in [-0.15, -0.1) is 0 Å². The fourth-order valence-electron chi connectivity index (χ4n) is 8.36. The molecule has 0 radical (unpaired) electrons. The molecular weight excluding hydrogens is 412 g/mol. The Bertz CT molecular complexity index is 949. The summed E-state index contributed by atoms with van der Waals surface area (Å²) in [7, 11) is 1.62. The van der Waals surface area contributed by atoms with E-state index in [9.17, 15) is 9.59 Å². The maximum absolute atomic E-state index is 12.0. The molecule has 7 atom stereocenters. The van der Waals surface area contributed by atoms with Crippen LogP contribution in [0.5, 0.6) is 11.5 Å². The van der Waals surface area contributed by atoms with Crippen LogP contribution in [0.25, 0.3) is 0 Å². The number of benzene rings is 1. The molecule has 0 heterocycles. The van der Waals surface area contributed by atoms with Crippen LogP contribution >= 0.6 is 0 Å². The van der Waals surface area contributed by atoms with E-state index in [0.29, 0.717) is 46.9 Å². The molecule has 1 aromatic rings. The Morgan fingerprint density at radius 3 is 2.79 bits per heavy atom. The number of carbonyl (C=O) groups excluding carboxylic acids is 2. The maximum atomic E-state index is 12.0. The molecule has 0 aromatic heterocycles. The van der Waals surface area contributed by atoms with E-state index in [0.717, 1.165) is 55.5 Å². The maximum Gasteiger partial charge on any atom is 0.161 e. The number of rotatable bonds is 6. The Balaban J connectivity index is 1.26. The van der Waals surface area contributed by atoms with Crippen LogP contribution in [-0.2, 0) is 4.79 Å². The van der Waals surface area contributed by atoms with Crippen LogP contribution in [0.15, 0.2) is 29.8 Å². The molecule has 0 saturated heterocycles. The minimum absolute atomic E-state index is 0.353. The van der Waals surface area contributed by atoms with Gasteiger partial charge in [0.15, 0.2) is 17.3 Å². The highest BCUT2D eigenvalue weighted by Crippen LogP contribution is 2.65. The van der Waals surface area contributed by atoms with E-state index in [2.05, 4.69) is 13.8 Å². The molecule has 4 aliphatic rings. The standard InChI is InChI=1S/C29H38O4/c1-18-14-20-16-22(31)6-7-23(20)24-10-12-29(2)21(5-8-25(29)28(18)24)11-13-33-26-9-4-19(17-30)15-27(26)32-3/h4,9,15-18,21,23-25,28H,5-8,10-14H2,1-3H3/t18-,21-,23?,24?,25?,28?,29?/m1/s1. The molecule has 1 aromatic carbocycles. The Labute approximate surface area is 198 Å². The number of hydrogen-bond donors (Lipinski definition) is 0. The second kappa shape index (κ2) is 8.92. The lowest BCUT2D eigenvalue weighted by atomic mass is 9.49. The molecule has 4 aliphatic carbocycles. The highest BCUT2D eigenvalue weighted by molar-refractivity contribution is 5.91. The lowest BCUT2D eigenvalue weighted by Crippen LogP contribution is -2.49. The number of carbonyl (C=O) groups is 2. The van der Waals surface area contributed by atoms with Crippen molar-refractivity contribution in [2.45, 2.75) is 65.2 Å². The molecule has 0 spiro atoms. The first-order valence-electron chi connectivity index (χ1n) is 12.9. The van der Waals surface area contributed by atoms with E-state index in [1.54, 1.807) is 19.2 Å². The topological polar surface area (TPSA) is 52.6 Å². The van der Waals surface area contributed by atoms with Gasteiger partial charge >= 0.3 is 0 Å². The summed E-state index contributed by atoms with van der Waals surface area (Å²) < 4.78 is 11.6. The van der Waals surface area contributed by atoms with Crippen LogP contribution < -0.4 is 9.47 Å². The van der Waals surface area contributed by atoms with Crippen molar-refractivity contribution in [3.8, 4) is 11.5 Å². The molecule has 33 heavy (non-hydrogen) atoms. The molecule has 3 fully saturated rings. The van der Waals surface area contributed by atoms with Gasteiger partial charge in [0.2, 0.25) is 0 Å². The first-order chi connectivity index (χ1) is 15.9. The van der Waals surface area contributed by atoms with E-state index in [1.807, 2.05) is 12.1 Å². The number of hydrogen-bond acceptors (Lipinski definition) is 4. The molecule has 4 heteroatoms. The summed E-state index contributed by atoms with van der Waals surface area (Å²) in [6, 6.07) is 5.37. The van der Waals surface area contributed by atoms with Crippen LogP contribution in [0, 0.1) is 40.9 Å². The van der Waals surface area contributed by atoms with Gasteiger partial charge in [0.25, 0.3) is 0 Å². The third-order valence-corrected chi connectivity index (χ3v) is 9.88. The third-order valence-electron chi connectivity index (χ3n) is 9.88. The molecule has 0 amide bonds. The minimum atomic E-state index is 0.353. The van der Waals surface area contributed by atoms with Gasteiger partial charge in [0.1, 0.15) is 6.29 Å². The monoisotopic (exact) mass is 450 g/mol. The fourth-order valence-corrected chi connectivity index (χ4v) is 8.36. The molecule has 5 rings (SSSR count). The van der Waals surface area contributed by atoms with E-state index in [4.69, 9.17) is 9.47 Å². The zero-order valence-electron chi connectivity index (χ0n) is 20.3. The van der Waals surface area contributed by atoms with Crippen LogP contribution in [0.3, 0.4) is 0 Å². The van der Waals surface area contributed by atoms with Crippen LogP contribution in [0.4, 0.5) is 0 Å². The summed E-state index contributed by atoms with van der Waals surface area (Å²) >= 11 is 0. The van der Waals surface area contributed by atoms with Crippen LogP contribution in [-0.4, -0.2) is 25.8 Å². The Kier molecular flexibility index (Phi) is 6.13. The number of ketones is 1. The van der Waals surface area contributed by atoms with Crippen molar-refractivity contribution in [3.63, 3.8) is 0 Å². The zero-order chi connectivity index (χ0) is 23.2. The minimum Gasteiger partial charge on any atom is -0.493 e. The Hall–Kier alpha value is -2.10. The smallest absolute Gasteiger partial charge is 0.161 e. The summed E-state index contributed by atoms with van der Waals surface area (Å²) in [6.07, 6.45) is 12.2. The number of aldehydes is 1. The van der Waals surface area contributed by atoms with E-state index in [-0.39, 0.29) is 0 Å². The van der Waals surface area contributed by atoms with Crippen molar-refractivity contribution >= 4 is 12.1 Å². The van der Waals surface area contributed by atoms with Crippen molar-refractivity contribution < 1.29 is 19.1 Å². The predicted molar refractivity (Wildman–Crippen MR) is 129 cm³/mol. The van der Waals surface area contributed by atoms with Crippen LogP contribution in [0.1, 0.15) is 75.6 Å². The number of allylic oxidation sites excluding steroid dienone is 1. The van der Waals surface area contributed by atoms with Crippen molar-refractivity contribution in [1.29, 1.82) is 0 Å². The van der Waals surface area contributed by atoms with Gasteiger partial charge < -0.3 is 9.47 Å². The Morgan fingerprint density at radius 2 is 2.00 bits per heavy atom. The molecule has 0 N–H and O–H groups in total. The first kappa shape index (κ1) is 22.7. The normalized spacial score (nSPS) is 37.4. The summed E-state index contributed by atoms with van der Waals surface area (Å²) in [5, 5.41) is 0. The van der Waals surface area contributed by atoms with Crippen molar-refractivity contribution in [2.24, 2.45) is 40.9 Å². The summed E-state index contributed by atoms with van der Waals surface area (Å²) in [5.74, 6) is 6.13. The molecule has 0 aliphatic heterocycles. The second-order valence-electron chi connectivity index (χ2n) is 11.3. The van der Waals surface area contributed by atoms with Gasteiger partial charge in [0, 0.05) is 12.0 Å². The van der Waals surface area contributed by atoms with Gasteiger partial charge in [-0.2, -0.15) is 0 Å². The van der Waals surface area contributed by atoms with Gasteiger partial charge in [-0.05, 0) is 110 Å². The summed E-state index contributed by atoms with van der Waals surface area (Å²) in [5.41, 5.74) is 2.47.